The van der Waals surface area contributed by atoms with Crippen molar-refractivity contribution in [2.24, 2.45) is 0 Å². The van der Waals surface area contributed by atoms with E-state index < -0.39 is 11.7 Å². The van der Waals surface area contributed by atoms with Crippen LogP contribution in [-0.4, -0.2) is 30.1 Å². The fourth-order valence-corrected chi connectivity index (χ4v) is 2.04. The largest absolute Gasteiger partial charge is 0.444 e. The number of alkyl carbamates (subject to hydrolysis) is 1. The van der Waals surface area contributed by atoms with Crippen LogP contribution >= 0.6 is 0 Å². The lowest BCUT2D eigenvalue weighted by molar-refractivity contribution is -0.119. The molecule has 1 aliphatic rings. The van der Waals surface area contributed by atoms with Crippen molar-refractivity contribution in [2.75, 3.05) is 11.4 Å². The topological polar surface area (TPSA) is 75.7 Å². The number of ether oxygens (including phenoxy) is 1. The summed E-state index contributed by atoms with van der Waals surface area (Å²) in [6, 6.07) is 6.98. The van der Waals surface area contributed by atoms with E-state index in [0.29, 0.717) is 12.2 Å². The van der Waals surface area contributed by atoms with E-state index in [1.54, 1.807) is 51.1 Å². The van der Waals surface area contributed by atoms with E-state index in [4.69, 9.17) is 4.74 Å². The van der Waals surface area contributed by atoms with E-state index in [9.17, 15) is 14.4 Å². The van der Waals surface area contributed by atoms with Crippen LogP contribution in [0.2, 0.25) is 0 Å². The molecule has 24 heavy (non-hydrogen) atoms. The molecule has 3 amide bonds. The Bertz CT molecular complexity index is 679. The summed E-state index contributed by atoms with van der Waals surface area (Å²) in [5.41, 5.74) is 0.888. The van der Waals surface area contributed by atoms with E-state index in [2.05, 4.69) is 5.32 Å². The zero-order chi connectivity index (χ0) is 17.7. The van der Waals surface area contributed by atoms with Crippen molar-refractivity contribution in [3.63, 3.8) is 0 Å². The first-order valence-corrected chi connectivity index (χ1v) is 7.56. The molecule has 6 heteroatoms. The Morgan fingerprint density at radius 3 is 2.25 bits per heavy atom. The SMILES string of the molecule is CC(C)(C)OC(=O)NCC=Cc1ccc(N2C(=O)C=CC2=O)cc1. The lowest BCUT2D eigenvalue weighted by Crippen LogP contribution is -2.32. The zero-order valence-corrected chi connectivity index (χ0v) is 13.9. The Kier molecular flexibility index (Phi) is 5.18. The predicted molar refractivity (Wildman–Crippen MR) is 91.3 cm³/mol. The zero-order valence-electron chi connectivity index (χ0n) is 13.9. The Morgan fingerprint density at radius 1 is 1.12 bits per heavy atom. The van der Waals surface area contributed by atoms with Gasteiger partial charge in [-0.25, -0.2) is 9.69 Å². The molecule has 0 fully saturated rings. The van der Waals surface area contributed by atoms with Gasteiger partial charge < -0.3 is 10.1 Å². The minimum Gasteiger partial charge on any atom is -0.444 e. The number of hydrogen-bond donors (Lipinski definition) is 1. The molecule has 0 bridgehead atoms. The number of imide groups is 1. The van der Waals surface area contributed by atoms with Gasteiger partial charge in [-0.1, -0.05) is 24.3 Å². The Labute approximate surface area is 140 Å². The highest BCUT2D eigenvalue weighted by Crippen LogP contribution is 2.19. The summed E-state index contributed by atoms with van der Waals surface area (Å²) < 4.78 is 5.12. The van der Waals surface area contributed by atoms with Gasteiger partial charge in [0.05, 0.1) is 5.69 Å². The van der Waals surface area contributed by atoms with E-state index >= 15 is 0 Å². The van der Waals surface area contributed by atoms with Gasteiger partial charge in [0.25, 0.3) is 11.8 Å². The highest BCUT2D eigenvalue weighted by atomic mass is 16.6. The molecule has 1 heterocycles. The van der Waals surface area contributed by atoms with Crippen LogP contribution in [-0.2, 0) is 14.3 Å². The molecule has 0 saturated carbocycles. The van der Waals surface area contributed by atoms with E-state index in [-0.39, 0.29) is 11.8 Å². The molecule has 0 aliphatic carbocycles. The van der Waals surface area contributed by atoms with Crippen molar-refractivity contribution in [2.45, 2.75) is 26.4 Å². The van der Waals surface area contributed by atoms with Crippen molar-refractivity contribution < 1.29 is 19.1 Å². The normalized spacial score (nSPS) is 14.5. The standard InChI is InChI=1S/C18H20N2O4/c1-18(2,3)24-17(23)19-12-4-5-13-6-8-14(9-7-13)20-15(21)10-11-16(20)22/h4-11H,12H2,1-3H3,(H,19,23). The summed E-state index contributed by atoms with van der Waals surface area (Å²) in [7, 11) is 0. The minimum absolute atomic E-state index is 0.337. The van der Waals surface area contributed by atoms with Crippen LogP contribution in [0.15, 0.2) is 42.5 Å². The van der Waals surface area contributed by atoms with E-state index in [1.165, 1.54) is 12.2 Å². The average molecular weight is 328 g/mol. The summed E-state index contributed by atoms with van der Waals surface area (Å²) in [6.07, 6.45) is 5.64. The van der Waals surface area contributed by atoms with Gasteiger partial charge in [0, 0.05) is 18.7 Å². The first-order valence-electron chi connectivity index (χ1n) is 7.56. The van der Waals surface area contributed by atoms with Gasteiger partial charge in [0.2, 0.25) is 0 Å². The number of carbonyl (C=O) groups excluding carboxylic acids is 3. The monoisotopic (exact) mass is 328 g/mol. The minimum atomic E-state index is -0.525. The molecular weight excluding hydrogens is 308 g/mol. The number of nitrogens with zero attached hydrogens (tertiary/aromatic N) is 1. The van der Waals surface area contributed by atoms with Gasteiger partial charge in [0.15, 0.2) is 0 Å². The lowest BCUT2D eigenvalue weighted by Gasteiger charge is -2.19. The number of hydrogen-bond acceptors (Lipinski definition) is 4. The number of rotatable bonds is 4. The lowest BCUT2D eigenvalue weighted by atomic mass is 10.2. The molecule has 0 atom stereocenters. The molecular formula is C18H20N2O4. The number of amides is 3. The van der Waals surface area contributed by atoms with Gasteiger partial charge in [0.1, 0.15) is 5.60 Å². The summed E-state index contributed by atoms with van der Waals surface area (Å²) in [5.74, 6) is -0.685. The van der Waals surface area contributed by atoms with Crippen molar-refractivity contribution in [3.05, 3.63) is 48.1 Å². The van der Waals surface area contributed by atoms with Crippen LogP contribution in [0, 0.1) is 0 Å². The number of benzene rings is 1. The maximum Gasteiger partial charge on any atom is 0.407 e. The molecule has 6 nitrogen and oxygen atoms in total. The fourth-order valence-electron chi connectivity index (χ4n) is 2.04. The summed E-state index contributed by atoms with van der Waals surface area (Å²) in [5, 5.41) is 2.62. The molecule has 0 spiro atoms. The summed E-state index contributed by atoms with van der Waals surface area (Å²) in [6.45, 7) is 5.74. The van der Waals surface area contributed by atoms with Crippen molar-refractivity contribution in [1.29, 1.82) is 0 Å². The molecule has 2 rings (SSSR count). The van der Waals surface area contributed by atoms with Gasteiger partial charge in [-0.15, -0.1) is 0 Å². The van der Waals surface area contributed by atoms with Crippen LogP contribution in [0.25, 0.3) is 6.08 Å². The Morgan fingerprint density at radius 2 is 1.71 bits per heavy atom. The van der Waals surface area contributed by atoms with Crippen LogP contribution in [0.1, 0.15) is 26.3 Å². The van der Waals surface area contributed by atoms with Crippen LogP contribution in [0.3, 0.4) is 0 Å². The molecule has 0 aromatic heterocycles. The third kappa shape index (κ3) is 4.81. The second kappa shape index (κ2) is 7.12. The van der Waals surface area contributed by atoms with E-state index in [0.717, 1.165) is 10.5 Å². The number of anilines is 1. The molecule has 0 saturated heterocycles. The second-order valence-corrected chi connectivity index (χ2v) is 6.22. The van der Waals surface area contributed by atoms with Crippen LogP contribution < -0.4 is 10.2 Å². The van der Waals surface area contributed by atoms with Crippen molar-refractivity contribution in [3.8, 4) is 0 Å². The quantitative estimate of drug-likeness (QED) is 0.862. The van der Waals surface area contributed by atoms with Gasteiger partial charge in [-0.05, 0) is 38.5 Å². The van der Waals surface area contributed by atoms with Crippen LogP contribution in [0.5, 0.6) is 0 Å². The highest BCUT2D eigenvalue weighted by Gasteiger charge is 2.24. The smallest absolute Gasteiger partial charge is 0.407 e. The van der Waals surface area contributed by atoms with E-state index in [1.807, 2.05) is 6.08 Å². The highest BCUT2D eigenvalue weighted by molar-refractivity contribution is 6.28. The number of carbonyl (C=O) groups is 3. The van der Waals surface area contributed by atoms with Gasteiger partial charge in [-0.3, -0.25) is 9.59 Å². The maximum absolute atomic E-state index is 11.6. The molecule has 1 aromatic carbocycles. The van der Waals surface area contributed by atoms with Crippen LogP contribution in [0.4, 0.5) is 10.5 Å². The third-order valence-electron chi connectivity index (χ3n) is 3.03. The maximum atomic E-state index is 11.6. The Hall–Kier alpha value is -2.89. The average Bonchev–Trinajstić information content (AvgIpc) is 2.82. The van der Waals surface area contributed by atoms with Gasteiger partial charge in [-0.2, -0.15) is 0 Å². The molecule has 1 aromatic rings. The first kappa shape index (κ1) is 17.5. The third-order valence-corrected chi connectivity index (χ3v) is 3.03. The summed E-state index contributed by atoms with van der Waals surface area (Å²) in [4.78, 5) is 35.8. The van der Waals surface area contributed by atoms with Gasteiger partial charge >= 0.3 is 6.09 Å². The Balaban J connectivity index is 1.87. The molecule has 1 N–H and O–H groups in total. The number of nitrogens with one attached hydrogen (secondary N) is 1. The van der Waals surface area contributed by atoms with Crippen molar-refractivity contribution >= 4 is 29.7 Å². The fraction of sp³-hybridized carbons (Fsp3) is 0.278. The summed E-state index contributed by atoms with van der Waals surface area (Å²) >= 11 is 0. The van der Waals surface area contributed by atoms with Crippen molar-refractivity contribution in [1.82, 2.24) is 5.32 Å². The molecule has 0 radical (unpaired) electrons. The molecule has 0 unspecified atom stereocenters. The molecule has 126 valence electrons. The molecule has 1 aliphatic heterocycles. The first-order chi connectivity index (χ1) is 11.3. The predicted octanol–water partition coefficient (Wildman–Crippen LogP) is 2.65. The second-order valence-electron chi connectivity index (χ2n) is 6.22.